The van der Waals surface area contributed by atoms with Gasteiger partial charge in [-0.3, -0.25) is 4.79 Å². The van der Waals surface area contributed by atoms with E-state index >= 15 is 0 Å². The summed E-state index contributed by atoms with van der Waals surface area (Å²) >= 11 is 0. The van der Waals surface area contributed by atoms with Crippen LogP contribution in [-0.4, -0.2) is 23.7 Å². The molecule has 0 saturated carbocycles. The summed E-state index contributed by atoms with van der Waals surface area (Å²) in [6.45, 7) is 4.67. The SMILES string of the molecule is CC(C)Cc1cc(C(=O)NC2COc3ccccc3C2)on1. The first kappa shape index (κ1) is 14.6. The highest BCUT2D eigenvalue weighted by Crippen LogP contribution is 2.24. The lowest BCUT2D eigenvalue weighted by molar-refractivity contribution is 0.0878. The summed E-state index contributed by atoms with van der Waals surface area (Å²) in [5, 5.41) is 6.88. The molecule has 0 aliphatic carbocycles. The molecule has 0 bridgehead atoms. The van der Waals surface area contributed by atoms with Gasteiger partial charge >= 0.3 is 0 Å². The second-order valence-electron chi connectivity index (χ2n) is 6.07. The Morgan fingerprint density at radius 2 is 2.23 bits per heavy atom. The molecule has 22 heavy (non-hydrogen) atoms. The van der Waals surface area contributed by atoms with Crippen LogP contribution in [0.25, 0.3) is 0 Å². The van der Waals surface area contributed by atoms with Crippen LogP contribution in [0, 0.1) is 5.92 Å². The van der Waals surface area contributed by atoms with Crippen molar-refractivity contribution in [2.75, 3.05) is 6.61 Å². The van der Waals surface area contributed by atoms with Crippen LogP contribution >= 0.6 is 0 Å². The van der Waals surface area contributed by atoms with Crippen LogP contribution in [0.2, 0.25) is 0 Å². The number of carbonyl (C=O) groups is 1. The smallest absolute Gasteiger partial charge is 0.290 e. The number of fused-ring (bicyclic) bond motifs is 1. The largest absolute Gasteiger partial charge is 0.491 e. The molecule has 0 radical (unpaired) electrons. The fourth-order valence-corrected chi connectivity index (χ4v) is 2.61. The van der Waals surface area contributed by atoms with Crippen molar-refractivity contribution in [3.8, 4) is 5.75 Å². The van der Waals surface area contributed by atoms with E-state index in [1.807, 2.05) is 24.3 Å². The molecule has 1 N–H and O–H groups in total. The number of nitrogens with one attached hydrogen (secondary N) is 1. The number of nitrogens with zero attached hydrogens (tertiary/aromatic N) is 1. The minimum Gasteiger partial charge on any atom is -0.491 e. The average molecular weight is 300 g/mol. The number of carbonyl (C=O) groups excluding carboxylic acids is 1. The van der Waals surface area contributed by atoms with Gasteiger partial charge in [0.05, 0.1) is 11.7 Å². The van der Waals surface area contributed by atoms with Crippen molar-refractivity contribution in [2.45, 2.75) is 32.7 Å². The molecule has 1 aliphatic rings. The second-order valence-corrected chi connectivity index (χ2v) is 6.07. The Labute approximate surface area is 129 Å². The summed E-state index contributed by atoms with van der Waals surface area (Å²) in [6, 6.07) is 9.54. The van der Waals surface area contributed by atoms with Crippen LogP contribution in [0.15, 0.2) is 34.9 Å². The molecule has 1 aromatic heterocycles. The summed E-state index contributed by atoms with van der Waals surface area (Å²) in [4.78, 5) is 12.2. The van der Waals surface area contributed by atoms with Gasteiger partial charge in [-0.2, -0.15) is 0 Å². The molecule has 2 aromatic rings. The third-order valence-electron chi connectivity index (χ3n) is 3.61. The van der Waals surface area contributed by atoms with Crippen LogP contribution in [0.3, 0.4) is 0 Å². The Balaban J connectivity index is 1.62. The van der Waals surface area contributed by atoms with Gasteiger partial charge < -0.3 is 14.6 Å². The summed E-state index contributed by atoms with van der Waals surface area (Å²) in [5.41, 5.74) is 1.92. The lowest BCUT2D eigenvalue weighted by Gasteiger charge is -2.25. The molecule has 1 amide bonds. The number of amides is 1. The average Bonchev–Trinajstić information content (AvgIpc) is 2.95. The first-order chi connectivity index (χ1) is 10.6. The summed E-state index contributed by atoms with van der Waals surface area (Å²) in [7, 11) is 0. The van der Waals surface area contributed by atoms with Crippen LogP contribution < -0.4 is 10.1 Å². The molecular weight excluding hydrogens is 280 g/mol. The fourth-order valence-electron chi connectivity index (χ4n) is 2.61. The van der Waals surface area contributed by atoms with Gasteiger partial charge in [0.2, 0.25) is 5.76 Å². The predicted octanol–water partition coefficient (Wildman–Crippen LogP) is 2.61. The van der Waals surface area contributed by atoms with Gasteiger partial charge in [-0.05, 0) is 30.4 Å². The van der Waals surface area contributed by atoms with Gasteiger partial charge in [0.1, 0.15) is 12.4 Å². The lowest BCUT2D eigenvalue weighted by atomic mass is 10.0. The highest BCUT2D eigenvalue weighted by atomic mass is 16.5. The van der Waals surface area contributed by atoms with Crippen LogP contribution in [0.4, 0.5) is 0 Å². The van der Waals surface area contributed by atoms with Crippen molar-refractivity contribution in [2.24, 2.45) is 5.92 Å². The van der Waals surface area contributed by atoms with Gasteiger partial charge in [0, 0.05) is 6.07 Å². The zero-order valence-electron chi connectivity index (χ0n) is 12.8. The molecule has 116 valence electrons. The third-order valence-corrected chi connectivity index (χ3v) is 3.61. The topological polar surface area (TPSA) is 64.4 Å². The van der Waals surface area contributed by atoms with E-state index < -0.39 is 0 Å². The zero-order valence-corrected chi connectivity index (χ0v) is 12.8. The van der Waals surface area contributed by atoms with Gasteiger partial charge in [-0.25, -0.2) is 0 Å². The van der Waals surface area contributed by atoms with Crippen molar-refractivity contribution in [1.29, 1.82) is 0 Å². The van der Waals surface area contributed by atoms with Crippen LogP contribution in [-0.2, 0) is 12.8 Å². The summed E-state index contributed by atoms with van der Waals surface area (Å²) in [6.07, 6.45) is 1.56. The molecule has 2 heterocycles. The number of ether oxygens (including phenoxy) is 1. The predicted molar refractivity (Wildman–Crippen MR) is 81.9 cm³/mol. The molecule has 3 rings (SSSR count). The minimum absolute atomic E-state index is 0.0546. The van der Waals surface area contributed by atoms with Gasteiger partial charge in [-0.15, -0.1) is 0 Å². The number of aromatic nitrogens is 1. The van der Waals surface area contributed by atoms with Gasteiger partial charge in [0.25, 0.3) is 5.91 Å². The Morgan fingerprint density at radius 3 is 3.05 bits per heavy atom. The molecule has 0 saturated heterocycles. The van der Waals surface area contributed by atoms with Crippen molar-refractivity contribution in [3.63, 3.8) is 0 Å². The molecule has 1 aliphatic heterocycles. The Morgan fingerprint density at radius 1 is 1.41 bits per heavy atom. The molecule has 1 atom stereocenters. The minimum atomic E-state index is -0.240. The van der Waals surface area contributed by atoms with Gasteiger partial charge in [-0.1, -0.05) is 37.2 Å². The molecule has 5 nitrogen and oxygen atoms in total. The first-order valence-electron chi connectivity index (χ1n) is 7.59. The van der Waals surface area contributed by atoms with Crippen molar-refractivity contribution in [3.05, 3.63) is 47.3 Å². The van der Waals surface area contributed by atoms with Crippen molar-refractivity contribution in [1.82, 2.24) is 10.5 Å². The van der Waals surface area contributed by atoms with Crippen molar-refractivity contribution < 1.29 is 14.1 Å². The highest BCUT2D eigenvalue weighted by Gasteiger charge is 2.23. The van der Waals surface area contributed by atoms with E-state index in [9.17, 15) is 4.79 Å². The Hall–Kier alpha value is -2.30. The molecule has 5 heteroatoms. The van der Waals surface area contributed by atoms with E-state index in [-0.39, 0.29) is 17.7 Å². The van der Waals surface area contributed by atoms with E-state index in [1.54, 1.807) is 6.07 Å². The van der Waals surface area contributed by atoms with Crippen LogP contribution in [0.5, 0.6) is 5.75 Å². The van der Waals surface area contributed by atoms with Crippen molar-refractivity contribution >= 4 is 5.91 Å². The maximum absolute atomic E-state index is 12.2. The summed E-state index contributed by atoms with van der Waals surface area (Å²) in [5.74, 6) is 1.39. The van der Waals surface area contributed by atoms with E-state index in [2.05, 4.69) is 24.3 Å². The zero-order chi connectivity index (χ0) is 15.5. The molecule has 0 fully saturated rings. The van der Waals surface area contributed by atoms with E-state index in [1.165, 1.54) is 0 Å². The Bertz CT molecular complexity index is 663. The van der Waals surface area contributed by atoms with E-state index in [0.29, 0.717) is 12.5 Å². The first-order valence-corrected chi connectivity index (χ1v) is 7.59. The van der Waals surface area contributed by atoms with E-state index in [0.717, 1.165) is 29.8 Å². The molecular formula is C17H20N2O3. The molecule has 1 aromatic carbocycles. The number of rotatable bonds is 4. The quantitative estimate of drug-likeness (QED) is 0.942. The fraction of sp³-hybridized carbons (Fsp3) is 0.412. The third kappa shape index (κ3) is 3.30. The number of para-hydroxylation sites is 1. The maximum atomic E-state index is 12.2. The standard InChI is InChI=1S/C17H20N2O3/c1-11(2)7-13-9-16(22-19-13)17(20)18-14-8-12-5-3-4-6-15(12)21-10-14/h3-6,9,11,14H,7-8,10H2,1-2H3,(H,18,20). The van der Waals surface area contributed by atoms with Gasteiger partial charge in [0.15, 0.2) is 0 Å². The van der Waals surface area contributed by atoms with Crippen LogP contribution in [0.1, 0.15) is 35.7 Å². The normalized spacial score (nSPS) is 17.0. The lowest BCUT2D eigenvalue weighted by Crippen LogP contribution is -2.42. The second kappa shape index (κ2) is 6.22. The highest BCUT2D eigenvalue weighted by molar-refractivity contribution is 5.91. The number of hydrogen-bond acceptors (Lipinski definition) is 4. The number of benzene rings is 1. The molecule has 0 spiro atoms. The van der Waals surface area contributed by atoms with E-state index in [4.69, 9.17) is 9.26 Å². The molecule has 1 unspecified atom stereocenters. The Kier molecular flexibility index (Phi) is 4.13. The summed E-state index contributed by atoms with van der Waals surface area (Å²) < 4.78 is 10.8. The number of hydrogen-bond donors (Lipinski definition) is 1. The monoisotopic (exact) mass is 300 g/mol. The maximum Gasteiger partial charge on any atom is 0.290 e.